The zero-order chi connectivity index (χ0) is 22.1. The number of carbonyl (C=O) groups excluding carboxylic acids is 1. The van der Waals surface area contributed by atoms with Crippen LogP contribution in [0.25, 0.3) is 11.0 Å². The van der Waals surface area contributed by atoms with Gasteiger partial charge in [-0.2, -0.15) is 4.98 Å². The van der Waals surface area contributed by atoms with Gasteiger partial charge in [0.2, 0.25) is 5.91 Å². The Morgan fingerprint density at radius 1 is 1.22 bits per heavy atom. The smallest absolute Gasteiger partial charge is 0.257 e. The highest BCUT2D eigenvalue weighted by atomic mass is 19.1. The maximum absolute atomic E-state index is 13.9. The van der Waals surface area contributed by atoms with Crippen molar-refractivity contribution in [2.24, 2.45) is 0 Å². The average Bonchev–Trinajstić information content (AvgIpc) is 3.42. The van der Waals surface area contributed by atoms with Crippen molar-refractivity contribution in [2.45, 2.75) is 25.9 Å². The van der Waals surface area contributed by atoms with Crippen LogP contribution in [0.4, 0.5) is 4.39 Å². The second-order valence-electron chi connectivity index (χ2n) is 7.95. The summed E-state index contributed by atoms with van der Waals surface area (Å²) in [6, 6.07) is 12.4. The summed E-state index contributed by atoms with van der Waals surface area (Å²) in [7, 11) is 0. The van der Waals surface area contributed by atoms with Crippen LogP contribution in [0.5, 0.6) is 0 Å². The van der Waals surface area contributed by atoms with Crippen LogP contribution in [-0.2, 0) is 22.4 Å². The van der Waals surface area contributed by atoms with E-state index < -0.39 is 6.10 Å². The van der Waals surface area contributed by atoms with Crippen molar-refractivity contribution in [3.63, 3.8) is 0 Å². The number of ether oxygens (including phenoxy) is 1. The fourth-order valence-corrected chi connectivity index (χ4v) is 3.91. The van der Waals surface area contributed by atoms with Gasteiger partial charge in [0, 0.05) is 23.9 Å². The second-order valence-corrected chi connectivity index (χ2v) is 7.95. The van der Waals surface area contributed by atoms with E-state index in [4.69, 9.17) is 13.7 Å². The first-order valence-corrected chi connectivity index (χ1v) is 10.5. The van der Waals surface area contributed by atoms with Crippen molar-refractivity contribution in [3.8, 4) is 0 Å². The third kappa shape index (κ3) is 4.13. The molecule has 0 aliphatic carbocycles. The number of fused-ring (bicyclic) bond motifs is 1. The van der Waals surface area contributed by atoms with Crippen LogP contribution in [0.3, 0.4) is 0 Å². The van der Waals surface area contributed by atoms with Gasteiger partial charge in [0.05, 0.1) is 25.8 Å². The van der Waals surface area contributed by atoms with E-state index in [-0.39, 0.29) is 30.5 Å². The molecule has 0 N–H and O–H groups in total. The lowest BCUT2D eigenvalue weighted by Gasteiger charge is -2.31. The highest BCUT2D eigenvalue weighted by Gasteiger charge is 2.30. The summed E-state index contributed by atoms with van der Waals surface area (Å²) in [6.45, 7) is 3.17. The van der Waals surface area contributed by atoms with Gasteiger partial charge in [0.1, 0.15) is 11.4 Å². The van der Waals surface area contributed by atoms with Gasteiger partial charge < -0.3 is 18.6 Å². The first-order chi connectivity index (χ1) is 15.6. The van der Waals surface area contributed by atoms with Crippen molar-refractivity contribution >= 4 is 16.9 Å². The normalized spacial score (nSPS) is 16.6. The lowest BCUT2D eigenvalue weighted by atomic mass is 10.1. The summed E-state index contributed by atoms with van der Waals surface area (Å²) in [5.41, 5.74) is 3.23. The molecule has 5 rings (SSSR count). The van der Waals surface area contributed by atoms with Crippen LogP contribution in [0.1, 0.15) is 34.5 Å². The quantitative estimate of drug-likeness (QED) is 0.471. The molecule has 1 aliphatic heterocycles. The maximum Gasteiger partial charge on any atom is 0.257 e. The molecular formula is C24H22FN3O4. The fourth-order valence-electron chi connectivity index (χ4n) is 3.91. The average molecular weight is 435 g/mol. The molecule has 1 unspecified atom stereocenters. The molecular weight excluding hydrogens is 413 g/mol. The van der Waals surface area contributed by atoms with Gasteiger partial charge in [-0.3, -0.25) is 4.79 Å². The predicted molar refractivity (Wildman–Crippen MR) is 113 cm³/mol. The molecule has 1 aliphatic rings. The Hall–Kier alpha value is -3.52. The number of benzene rings is 2. The minimum absolute atomic E-state index is 0.0207. The number of morpholine rings is 1. The Kier molecular flexibility index (Phi) is 5.45. The lowest BCUT2D eigenvalue weighted by molar-refractivity contribution is -0.139. The Labute approximate surface area is 183 Å². The molecule has 1 amide bonds. The molecule has 2 aromatic carbocycles. The van der Waals surface area contributed by atoms with Gasteiger partial charge >= 0.3 is 0 Å². The molecule has 1 atom stereocenters. The molecule has 4 aromatic rings. The van der Waals surface area contributed by atoms with Crippen molar-refractivity contribution in [1.29, 1.82) is 0 Å². The molecule has 164 valence electrons. The molecule has 0 radical (unpaired) electrons. The van der Waals surface area contributed by atoms with E-state index in [9.17, 15) is 9.18 Å². The van der Waals surface area contributed by atoms with E-state index in [1.165, 1.54) is 6.07 Å². The van der Waals surface area contributed by atoms with Gasteiger partial charge in [-0.05, 0) is 30.2 Å². The van der Waals surface area contributed by atoms with Crippen molar-refractivity contribution < 1.29 is 22.9 Å². The number of carbonyl (C=O) groups is 1. The maximum atomic E-state index is 13.9. The third-order valence-corrected chi connectivity index (χ3v) is 5.64. The largest absolute Gasteiger partial charge is 0.464 e. The Balaban J connectivity index is 1.25. The van der Waals surface area contributed by atoms with Crippen LogP contribution in [0.15, 0.2) is 57.7 Å². The first kappa shape index (κ1) is 20.4. The van der Waals surface area contributed by atoms with Crippen LogP contribution in [0, 0.1) is 12.7 Å². The molecule has 1 saturated heterocycles. The van der Waals surface area contributed by atoms with Gasteiger partial charge in [0.25, 0.3) is 5.89 Å². The van der Waals surface area contributed by atoms with Crippen LogP contribution >= 0.6 is 0 Å². The lowest BCUT2D eigenvalue weighted by Crippen LogP contribution is -2.43. The molecule has 1 fully saturated rings. The highest BCUT2D eigenvalue weighted by Crippen LogP contribution is 2.25. The number of aromatic nitrogens is 2. The van der Waals surface area contributed by atoms with E-state index in [2.05, 4.69) is 10.1 Å². The number of aryl methyl sites for hydroxylation is 1. The number of halogens is 1. The van der Waals surface area contributed by atoms with Crippen molar-refractivity contribution in [3.05, 3.63) is 83.0 Å². The molecule has 32 heavy (non-hydrogen) atoms. The molecule has 7 nitrogen and oxygen atoms in total. The van der Waals surface area contributed by atoms with Gasteiger partial charge in [0.15, 0.2) is 11.9 Å². The molecule has 0 saturated carbocycles. The minimum atomic E-state index is -0.515. The van der Waals surface area contributed by atoms with Gasteiger partial charge in [-0.15, -0.1) is 0 Å². The number of hydrogen-bond donors (Lipinski definition) is 0. The highest BCUT2D eigenvalue weighted by molar-refractivity contribution is 5.88. The molecule has 0 bridgehead atoms. The molecule has 3 heterocycles. The number of furan rings is 1. The summed E-state index contributed by atoms with van der Waals surface area (Å²) >= 11 is 0. The number of hydrogen-bond acceptors (Lipinski definition) is 6. The predicted octanol–water partition coefficient (Wildman–Crippen LogP) is 4.00. The van der Waals surface area contributed by atoms with Crippen LogP contribution in [-0.4, -0.2) is 40.6 Å². The van der Waals surface area contributed by atoms with E-state index in [0.717, 1.165) is 22.1 Å². The first-order valence-electron chi connectivity index (χ1n) is 10.5. The third-order valence-electron chi connectivity index (χ3n) is 5.64. The summed E-state index contributed by atoms with van der Waals surface area (Å²) in [5.74, 6) is 0.328. The Morgan fingerprint density at radius 2 is 2.09 bits per heavy atom. The standard InChI is InChI=1S/C24H22FN3O4/c1-15-6-7-18-17(14-31-20(18)10-15)12-23(29)28-8-9-30-21(13-28)24-26-22(27-32-24)11-16-4-2-3-5-19(16)25/h2-7,10,14,21H,8-9,11-13H2,1H3. The summed E-state index contributed by atoms with van der Waals surface area (Å²) in [6.07, 6.45) is 1.59. The molecule has 0 spiro atoms. The fraction of sp³-hybridized carbons (Fsp3) is 0.292. The Bertz CT molecular complexity index is 1270. The van der Waals surface area contributed by atoms with Crippen LogP contribution < -0.4 is 0 Å². The molecule has 8 heteroatoms. The van der Waals surface area contributed by atoms with Gasteiger partial charge in [-0.25, -0.2) is 4.39 Å². The van der Waals surface area contributed by atoms with Crippen molar-refractivity contribution in [2.75, 3.05) is 19.7 Å². The van der Waals surface area contributed by atoms with E-state index in [1.54, 1.807) is 29.4 Å². The van der Waals surface area contributed by atoms with E-state index in [1.807, 2.05) is 25.1 Å². The van der Waals surface area contributed by atoms with Crippen LogP contribution in [0.2, 0.25) is 0 Å². The number of rotatable bonds is 5. The summed E-state index contributed by atoms with van der Waals surface area (Å²) < 4.78 is 30.6. The monoisotopic (exact) mass is 435 g/mol. The van der Waals surface area contributed by atoms with Gasteiger partial charge in [-0.1, -0.05) is 35.5 Å². The summed E-state index contributed by atoms with van der Waals surface area (Å²) in [5, 5.41) is 4.90. The minimum Gasteiger partial charge on any atom is -0.464 e. The van der Waals surface area contributed by atoms with Crippen molar-refractivity contribution in [1.82, 2.24) is 15.0 Å². The zero-order valence-electron chi connectivity index (χ0n) is 17.6. The SMILES string of the molecule is Cc1ccc2c(CC(=O)N3CCOC(c4nc(Cc5ccccc5F)no4)C3)coc2c1. The van der Waals surface area contributed by atoms with E-state index in [0.29, 0.717) is 31.1 Å². The topological polar surface area (TPSA) is 81.6 Å². The van der Waals surface area contributed by atoms with E-state index >= 15 is 0 Å². The zero-order valence-corrected chi connectivity index (χ0v) is 17.6. The Morgan fingerprint density at radius 3 is 2.97 bits per heavy atom. The second kappa shape index (κ2) is 8.55. The summed E-state index contributed by atoms with van der Waals surface area (Å²) in [4.78, 5) is 19.1. The molecule has 2 aromatic heterocycles. The number of nitrogens with zero attached hydrogens (tertiary/aromatic N) is 3. The number of amides is 1.